The molecule has 4 aliphatic heterocycles. The molecule has 0 aromatic rings. The van der Waals surface area contributed by atoms with Gasteiger partial charge in [0.25, 0.3) is 0 Å². The number of hydrogen-bond acceptors (Lipinski definition) is 21. The molecule has 4 heterocycles. The molecule has 0 radical (unpaired) electrons. The summed E-state index contributed by atoms with van der Waals surface area (Å²) in [4.78, 5) is 0. The fourth-order valence-corrected chi connectivity index (χ4v) is 7.97. The molecule has 18 nitrogen and oxygen atoms in total. The minimum atomic E-state index is -0.464. The van der Waals surface area contributed by atoms with E-state index in [0.29, 0.717) is 19.6 Å². The zero-order chi connectivity index (χ0) is 32.0. The molecule has 0 aliphatic carbocycles. The van der Waals surface area contributed by atoms with Gasteiger partial charge in [-0.15, -0.1) is 35.3 Å². The third-order valence-corrected chi connectivity index (χ3v) is 9.88. The first-order valence-corrected chi connectivity index (χ1v) is 17.9. The van der Waals surface area contributed by atoms with Crippen LogP contribution in [0.5, 0.6) is 0 Å². The summed E-state index contributed by atoms with van der Waals surface area (Å²) < 4.78 is 22.1. The van der Waals surface area contributed by atoms with Crippen LogP contribution in [-0.4, -0.2) is 108 Å². The second-order valence-electron chi connectivity index (χ2n) is 9.30. The quantitative estimate of drug-likeness (QED) is 0.0358. The van der Waals surface area contributed by atoms with Crippen LogP contribution in [-0.2, 0) is 0 Å². The molecule has 21 N–H and O–H groups in total. The van der Waals surface area contributed by atoms with Gasteiger partial charge in [0, 0.05) is 36.9 Å². The highest BCUT2D eigenvalue weighted by Crippen LogP contribution is 2.20. The fourth-order valence-electron chi connectivity index (χ4n) is 4.15. The maximum absolute atomic E-state index is 7.36. The predicted octanol–water partition coefficient (Wildman–Crippen LogP) is -5.92. The molecular weight excluding hydrogens is 671 g/mol. The van der Waals surface area contributed by atoms with E-state index in [1.165, 1.54) is 0 Å². The molecule has 4 rings (SSSR count). The average Bonchev–Trinajstić information content (AvgIpc) is 3.02. The molecule has 4 fully saturated rings. The van der Waals surface area contributed by atoms with Crippen LogP contribution in [0.2, 0.25) is 4.24 Å². The van der Waals surface area contributed by atoms with E-state index in [4.69, 9.17) is 39.0 Å². The molecule has 0 saturated carbocycles. The van der Waals surface area contributed by atoms with E-state index in [1.807, 2.05) is 0 Å². The van der Waals surface area contributed by atoms with Gasteiger partial charge in [0.2, 0.25) is 0 Å². The van der Waals surface area contributed by atoms with Crippen molar-refractivity contribution in [1.82, 2.24) is 79.8 Å². The Hall–Kier alpha value is 1.20. The molecule has 0 bridgehead atoms. The number of rotatable bonds is 18. The van der Waals surface area contributed by atoms with E-state index in [-0.39, 0.29) is 35.4 Å². The van der Waals surface area contributed by atoms with Gasteiger partial charge in [-0.3, -0.25) is 79.8 Å². The summed E-state index contributed by atoms with van der Waals surface area (Å²) in [5.74, 6) is 2.45. The zero-order valence-electron chi connectivity index (χ0n) is 25.5. The van der Waals surface area contributed by atoms with Crippen LogP contribution in [0, 0.1) is 0 Å². The van der Waals surface area contributed by atoms with E-state index >= 15 is 0 Å². The van der Waals surface area contributed by atoms with Crippen LogP contribution < -0.4 is 96.9 Å². The number of alkyl halides is 3. The predicted molar refractivity (Wildman–Crippen MR) is 175 cm³/mol. The van der Waals surface area contributed by atoms with Gasteiger partial charge in [0.1, 0.15) is 75.3 Å². The maximum atomic E-state index is 7.36. The van der Waals surface area contributed by atoms with Gasteiger partial charge in [0.05, 0.1) is 0 Å². The Kier molecular flexibility index (Phi) is 14.5. The normalized spacial score (nSPS) is 42.5. The zero-order valence-corrected chi connectivity index (χ0v) is 27.2. The summed E-state index contributed by atoms with van der Waals surface area (Å²) in [6, 6.07) is 0. The second-order valence-corrected chi connectivity index (χ2v) is 14.2. The second kappa shape index (κ2) is 19.1. The Morgan fingerprint density at radius 2 is 0.786 bits per heavy atom. The minimum Gasteiger partial charge on any atom is -0.303 e. The fraction of sp³-hybridized carbons (Fsp3) is 1.00. The molecular formula is C18H45Cl3N18S3. The lowest BCUT2D eigenvalue weighted by Gasteiger charge is -2.38. The highest BCUT2D eigenvalue weighted by molar-refractivity contribution is 8.01. The largest absolute Gasteiger partial charge is 0.303 e. The van der Waals surface area contributed by atoms with Gasteiger partial charge in [-0.05, 0) is 0 Å². The van der Waals surface area contributed by atoms with Gasteiger partial charge in [-0.1, -0.05) is 34.8 Å². The molecule has 0 aromatic carbocycles. The standard InChI is InChI=1S/C18H45Cl3N18S3/c19-7-28-10(22)34-13(31-7)25-1-4-40-16-37-17(41-5-2-26-14-32-8(20)29-11(23)35-14)39-18(38-16)42-6-3-27-15-33-9(21)30-12(24)36-15/h7-18,25-39H,1-6,22-24H2/i/hD3. The summed E-state index contributed by atoms with van der Waals surface area (Å²) in [7, 11) is 0. The van der Waals surface area contributed by atoms with E-state index in [1.54, 1.807) is 35.3 Å². The van der Waals surface area contributed by atoms with Crippen LogP contribution in [0.25, 0.3) is 0 Å². The Balaban J connectivity index is 1.19. The maximum Gasteiger partial charge on any atom is 0.139 e. The summed E-state index contributed by atoms with van der Waals surface area (Å²) in [5, 5.41) is 48.7. The monoisotopic (exact) mass is 717 g/mol. The van der Waals surface area contributed by atoms with Crippen LogP contribution in [0.15, 0.2) is 0 Å². The molecule has 0 aromatic heterocycles. The smallest absolute Gasteiger partial charge is 0.139 e. The lowest BCUT2D eigenvalue weighted by atomic mass is 10.6. The van der Waals surface area contributed by atoms with Gasteiger partial charge < -0.3 is 17.2 Å². The Morgan fingerprint density at radius 3 is 1.07 bits per heavy atom. The van der Waals surface area contributed by atoms with Crippen LogP contribution in [0.4, 0.5) is 0 Å². The summed E-state index contributed by atoms with van der Waals surface area (Å²) >= 11 is 23.8. The van der Waals surface area contributed by atoms with Crippen molar-refractivity contribution in [2.24, 2.45) is 17.2 Å². The number of hydrogen-bond donors (Lipinski definition) is 18. The average molecular weight is 719 g/mol. The lowest BCUT2D eigenvalue weighted by molar-refractivity contribution is 0.217. The van der Waals surface area contributed by atoms with Gasteiger partial charge >= 0.3 is 0 Å². The van der Waals surface area contributed by atoms with E-state index in [2.05, 4.69) is 96.9 Å². The van der Waals surface area contributed by atoms with Crippen LogP contribution in [0.3, 0.4) is 0 Å². The van der Waals surface area contributed by atoms with Crippen molar-refractivity contribution >= 4 is 70.1 Å². The summed E-state index contributed by atoms with van der Waals surface area (Å²) in [5.41, 5.74) is 5.74. The first kappa shape index (κ1) is 31.8. The van der Waals surface area contributed by atoms with E-state index in [9.17, 15) is 0 Å². The Morgan fingerprint density at radius 1 is 0.476 bits per heavy atom. The van der Waals surface area contributed by atoms with Crippen molar-refractivity contribution in [2.45, 2.75) is 71.1 Å². The molecule has 0 spiro atoms. The van der Waals surface area contributed by atoms with Crippen LogP contribution >= 0.6 is 70.1 Å². The first-order chi connectivity index (χ1) is 21.8. The third-order valence-electron chi connectivity index (χ3n) is 5.99. The minimum absolute atomic E-state index is 0.00336. The SMILES string of the molecule is [2H]NC1NC(Cl)NC(NCCSC2NC(SCCNC3NC(Cl)NC(N[2H])N3)NC(SCCNC3NC(Cl)NC(N[2H])N3)N2)N1. The molecule has 4 saturated heterocycles. The number of nitrogens with two attached hydrogens (primary N) is 3. The number of halogens is 3. The van der Waals surface area contributed by atoms with Crippen molar-refractivity contribution in [3.8, 4) is 0 Å². The van der Waals surface area contributed by atoms with Gasteiger partial charge in [0.15, 0.2) is 0 Å². The van der Waals surface area contributed by atoms with E-state index in [0.717, 1.165) is 17.3 Å². The van der Waals surface area contributed by atoms with Gasteiger partial charge in [-0.25, -0.2) is 0 Å². The molecule has 9 atom stereocenters. The summed E-state index contributed by atoms with van der Waals surface area (Å²) in [6.45, 7) is 2.12. The third kappa shape index (κ3) is 13.5. The van der Waals surface area contributed by atoms with Crippen molar-refractivity contribution < 1.29 is 4.24 Å². The molecule has 4 aliphatic rings. The van der Waals surface area contributed by atoms with Crippen LogP contribution in [0.1, 0.15) is 0 Å². The molecule has 24 heteroatoms. The Labute approximate surface area is 278 Å². The molecule has 42 heavy (non-hydrogen) atoms. The summed E-state index contributed by atoms with van der Waals surface area (Å²) in [6.07, 6.45) is -2.00. The lowest BCUT2D eigenvalue weighted by Crippen LogP contribution is -2.72. The van der Waals surface area contributed by atoms with E-state index < -0.39 is 35.7 Å². The topological polar surface area (TPSA) is 259 Å². The van der Waals surface area contributed by atoms with Crippen molar-refractivity contribution in [3.63, 3.8) is 0 Å². The Bertz CT molecular complexity index is 730. The molecule has 246 valence electrons. The highest BCUT2D eigenvalue weighted by atomic mass is 35.5. The van der Waals surface area contributed by atoms with Crippen molar-refractivity contribution in [3.05, 3.63) is 0 Å². The molecule has 0 amide bonds. The number of thioether (sulfide) groups is 3. The first-order valence-electron chi connectivity index (χ1n) is 14.9. The number of nitrogens with one attached hydrogen (secondary N) is 15. The van der Waals surface area contributed by atoms with Gasteiger partial charge in [-0.2, -0.15) is 0 Å². The van der Waals surface area contributed by atoms with Crippen molar-refractivity contribution in [2.75, 3.05) is 36.9 Å². The van der Waals surface area contributed by atoms with Crippen molar-refractivity contribution in [1.29, 1.82) is 0 Å². The molecule has 9 unspecified atom stereocenters. The highest BCUT2D eigenvalue weighted by Gasteiger charge is 2.29.